The minimum atomic E-state index is 0.560. The summed E-state index contributed by atoms with van der Waals surface area (Å²) >= 11 is 0. The van der Waals surface area contributed by atoms with Crippen LogP contribution in [0.5, 0.6) is 0 Å². The maximum Gasteiger partial charge on any atom is 0.129 e. The Morgan fingerprint density at radius 2 is 2.28 bits per heavy atom. The molecule has 18 heavy (non-hydrogen) atoms. The van der Waals surface area contributed by atoms with Crippen LogP contribution in [0.25, 0.3) is 0 Å². The lowest BCUT2D eigenvalue weighted by atomic mass is 10.4. The standard InChI is InChI=1S/C14H20N2O2/c1-16-8-2-5-13(16)11-15-7-4-9-17-12-14-6-3-10-18-14/h2-3,5-6,8,10,15H,4,7,9,11-12H2,1H3. The van der Waals surface area contributed by atoms with E-state index >= 15 is 0 Å². The van der Waals surface area contributed by atoms with Crippen molar-refractivity contribution in [2.45, 2.75) is 19.6 Å². The van der Waals surface area contributed by atoms with Gasteiger partial charge in [-0.2, -0.15) is 0 Å². The molecule has 0 aromatic carbocycles. The second kappa shape index (κ2) is 7.03. The molecule has 0 aliphatic carbocycles. The van der Waals surface area contributed by atoms with Crippen LogP contribution in [0.15, 0.2) is 41.1 Å². The van der Waals surface area contributed by atoms with E-state index < -0.39 is 0 Å². The molecule has 1 N–H and O–H groups in total. The Labute approximate surface area is 108 Å². The summed E-state index contributed by atoms with van der Waals surface area (Å²) in [6.07, 6.45) is 4.73. The van der Waals surface area contributed by atoms with Crippen LogP contribution in [0.4, 0.5) is 0 Å². The van der Waals surface area contributed by atoms with Gasteiger partial charge in [-0.1, -0.05) is 0 Å². The van der Waals surface area contributed by atoms with Gasteiger partial charge in [0.25, 0.3) is 0 Å². The van der Waals surface area contributed by atoms with E-state index in [1.807, 2.05) is 12.1 Å². The highest BCUT2D eigenvalue weighted by atomic mass is 16.5. The van der Waals surface area contributed by atoms with Gasteiger partial charge in [-0.15, -0.1) is 0 Å². The topological polar surface area (TPSA) is 39.3 Å². The Kier molecular flexibility index (Phi) is 5.05. The van der Waals surface area contributed by atoms with E-state index in [0.717, 1.165) is 31.9 Å². The molecule has 0 bridgehead atoms. The average molecular weight is 248 g/mol. The van der Waals surface area contributed by atoms with Crippen molar-refractivity contribution in [3.63, 3.8) is 0 Å². The zero-order chi connectivity index (χ0) is 12.6. The SMILES string of the molecule is Cn1cccc1CNCCCOCc1ccco1. The molecule has 98 valence electrons. The van der Waals surface area contributed by atoms with Crippen molar-refractivity contribution >= 4 is 0 Å². The number of ether oxygens (including phenoxy) is 1. The number of aromatic nitrogens is 1. The lowest BCUT2D eigenvalue weighted by Crippen LogP contribution is -2.17. The van der Waals surface area contributed by atoms with Crippen LogP contribution in [0.2, 0.25) is 0 Å². The molecule has 4 heteroatoms. The Balaban J connectivity index is 1.48. The van der Waals surface area contributed by atoms with Crippen molar-refractivity contribution < 1.29 is 9.15 Å². The molecule has 2 heterocycles. The first-order chi connectivity index (χ1) is 8.86. The summed E-state index contributed by atoms with van der Waals surface area (Å²) in [5.74, 6) is 0.881. The fraction of sp³-hybridized carbons (Fsp3) is 0.429. The van der Waals surface area contributed by atoms with Gasteiger partial charge in [0.1, 0.15) is 12.4 Å². The molecule has 0 unspecified atom stereocenters. The zero-order valence-corrected chi connectivity index (χ0v) is 10.8. The molecule has 0 saturated heterocycles. The number of aryl methyl sites for hydroxylation is 1. The van der Waals surface area contributed by atoms with Crippen molar-refractivity contribution in [1.82, 2.24) is 9.88 Å². The predicted octanol–water partition coefficient (Wildman–Crippen LogP) is 2.31. The van der Waals surface area contributed by atoms with Crippen LogP contribution < -0.4 is 5.32 Å². The molecule has 0 fully saturated rings. The molecular weight excluding hydrogens is 228 g/mol. The lowest BCUT2D eigenvalue weighted by Gasteiger charge is -2.06. The highest BCUT2D eigenvalue weighted by Gasteiger charge is 1.97. The highest BCUT2D eigenvalue weighted by molar-refractivity contribution is 5.05. The van der Waals surface area contributed by atoms with Crippen LogP contribution in [0.1, 0.15) is 17.9 Å². The number of furan rings is 1. The summed E-state index contributed by atoms with van der Waals surface area (Å²) in [6.45, 7) is 3.18. The fourth-order valence-corrected chi connectivity index (χ4v) is 1.76. The van der Waals surface area contributed by atoms with Crippen molar-refractivity contribution in [3.05, 3.63) is 48.2 Å². The van der Waals surface area contributed by atoms with Gasteiger partial charge < -0.3 is 19.0 Å². The summed E-state index contributed by atoms with van der Waals surface area (Å²) in [7, 11) is 2.06. The van der Waals surface area contributed by atoms with Crippen molar-refractivity contribution in [2.24, 2.45) is 7.05 Å². The molecular formula is C14H20N2O2. The molecule has 0 amide bonds. The number of hydrogen-bond donors (Lipinski definition) is 1. The summed E-state index contributed by atoms with van der Waals surface area (Å²) in [4.78, 5) is 0. The number of rotatable bonds is 8. The Morgan fingerprint density at radius 3 is 3.00 bits per heavy atom. The monoisotopic (exact) mass is 248 g/mol. The normalized spacial score (nSPS) is 10.9. The number of nitrogens with zero attached hydrogens (tertiary/aromatic N) is 1. The third kappa shape index (κ3) is 4.05. The Bertz CT molecular complexity index is 434. The van der Waals surface area contributed by atoms with Crippen LogP contribution in [0, 0.1) is 0 Å². The number of hydrogen-bond acceptors (Lipinski definition) is 3. The summed E-state index contributed by atoms with van der Waals surface area (Å²) in [6, 6.07) is 7.98. The van der Waals surface area contributed by atoms with E-state index in [1.165, 1.54) is 5.69 Å². The Hall–Kier alpha value is -1.52. The van der Waals surface area contributed by atoms with Crippen molar-refractivity contribution in [1.29, 1.82) is 0 Å². The average Bonchev–Trinajstić information content (AvgIpc) is 3.00. The molecule has 0 spiro atoms. The third-order valence-corrected chi connectivity index (χ3v) is 2.82. The van der Waals surface area contributed by atoms with E-state index in [1.54, 1.807) is 6.26 Å². The van der Waals surface area contributed by atoms with E-state index in [9.17, 15) is 0 Å². The lowest BCUT2D eigenvalue weighted by molar-refractivity contribution is 0.104. The van der Waals surface area contributed by atoms with Crippen molar-refractivity contribution in [2.75, 3.05) is 13.2 Å². The predicted molar refractivity (Wildman–Crippen MR) is 70.1 cm³/mol. The molecule has 2 aromatic rings. The van der Waals surface area contributed by atoms with E-state index in [0.29, 0.717) is 6.61 Å². The highest BCUT2D eigenvalue weighted by Crippen LogP contribution is 2.02. The van der Waals surface area contributed by atoms with Gasteiger partial charge >= 0.3 is 0 Å². The van der Waals surface area contributed by atoms with Gasteiger partial charge in [0.15, 0.2) is 0 Å². The van der Waals surface area contributed by atoms with Crippen LogP contribution in [-0.2, 0) is 24.9 Å². The quantitative estimate of drug-likeness (QED) is 0.729. The van der Waals surface area contributed by atoms with Gasteiger partial charge in [0.2, 0.25) is 0 Å². The third-order valence-electron chi connectivity index (χ3n) is 2.82. The smallest absolute Gasteiger partial charge is 0.129 e. The van der Waals surface area contributed by atoms with Crippen molar-refractivity contribution in [3.8, 4) is 0 Å². The van der Waals surface area contributed by atoms with E-state index in [-0.39, 0.29) is 0 Å². The summed E-state index contributed by atoms with van der Waals surface area (Å²) in [5.41, 5.74) is 1.30. The molecule has 4 nitrogen and oxygen atoms in total. The molecule has 0 aliphatic heterocycles. The van der Waals surface area contributed by atoms with Gasteiger partial charge in [0.05, 0.1) is 6.26 Å². The molecule has 0 aliphatic rings. The molecule has 0 radical (unpaired) electrons. The first kappa shape index (κ1) is 12.9. The molecule has 0 atom stereocenters. The maximum absolute atomic E-state index is 5.50. The van der Waals surface area contributed by atoms with E-state index in [2.05, 4.69) is 35.3 Å². The van der Waals surface area contributed by atoms with E-state index in [4.69, 9.17) is 9.15 Å². The summed E-state index contributed by atoms with van der Waals surface area (Å²) < 4.78 is 12.8. The second-order valence-corrected chi connectivity index (χ2v) is 4.27. The first-order valence-electron chi connectivity index (χ1n) is 6.27. The van der Waals surface area contributed by atoms with Crippen LogP contribution in [-0.4, -0.2) is 17.7 Å². The van der Waals surface area contributed by atoms with Gasteiger partial charge in [-0.05, 0) is 37.2 Å². The number of nitrogens with one attached hydrogen (secondary N) is 1. The first-order valence-corrected chi connectivity index (χ1v) is 6.27. The minimum Gasteiger partial charge on any atom is -0.467 e. The van der Waals surface area contributed by atoms with Crippen LogP contribution >= 0.6 is 0 Å². The van der Waals surface area contributed by atoms with Gasteiger partial charge in [0, 0.05) is 32.1 Å². The fourth-order valence-electron chi connectivity index (χ4n) is 1.76. The molecule has 0 saturated carbocycles. The zero-order valence-electron chi connectivity index (χ0n) is 10.8. The maximum atomic E-state index is 5.50. The molecule has 2 aromatic heterocycles. The Morgan fingerprint density at radius 1 is 1.33 bits per heavy atom. The summed E-state index contributed by atoms with van der Waals surface area (Å²) in [5, 5.41) is 3.40. The minimum absolute atomic E-state index is 0.560. The van der Waals surface area contributed by atoms with Gasteiger partial charge in [-0.3, -0.25) is 0 Å². The largest absolute Gasteiger partial charge is 0.467 e. The van der Waals surface area contributed by atoms with Crippen LogP contribution in [0.3, 0.4) is 0 Å². The van der Waals surface area contributed by atoms with Gasteiger partial charge in [-0.25, -0.2) is 0 Å². The second-order valence-electron chi connectivity index (χ2n) is 4.27. The molecule has 2 rings (SSSR count).